The van der Waals surface area contributed by atoms with E-state index in [9.17, 15) is 4.79 Å². The van der Waals surface area contributed by atoms with Crippen LogP contribution in [-0.4, -0.2) is 20.7 Å². The lowest BCUT2D eigenvalue weighted by Crippen LogP contribution is -2.31. The number of pyridine rings is 1. The zero-order chi connectivity index (χ0) is 25.5. The van der Waals surface area contributed by atoms with Gasteiger partial charge in [0.1, 0.15) is 0 Å². The highest BCUT2D eigenvalue weighted by molar-refractivity contribution is 6.07. The highest BCUT2D eigenvalue weighted by Crippen LogP contribution is 2.32. The van der Waals surface area contributed by atoms with Gasteiger partial charge in [-0.15, -0.1) is 0 Å². The second kappa shape index (κ2) is 9.32. The molecule has 1 atom stereocenters. The number of aromatic nitrogens is 3. The lowest BCUT2D eigenvalue weighted by molar-refractivity contribution is 0.0934. The maximum Gasteiger partial charge on any atom is 0.252 e. The molecule has 1 N–H and O–H groups in total. The van der Waals surface area contributed by atoms with Gasteiger partial charge in [-0.05, 0) is 81.5 Å². The Hall–Kier alpha value is -4.25. The summed E-state index contributed by atoms with van der Waals surface area (Å²) < 4.78 is 1.93. The van der Waals surface area contributed by atoms with Crippen molar-refractivity contribution in [2.75, 3.05) is 0 Å². The monoisotopic (exact) mass is 486 g/mol. The molecule has 1 aliphatic rings. The molecule has 5 aromatic rings. The molecule has 6 rings (SSSR count). The van der Waals surface area contributed by atoms with Gasteiger partial charge in [0.05, 0.1) is 40.4 Å². The summed E-state index contributed by atoms with van der Waals surface area (Å²) in [7, 11) is 0. The maximum atomic E-state index is 13.8. The molecule has 5 nitrogen and oxygen atoms in total. The van der Waals surface area contributed by atoms with Gasteiger partial charge in [0.2, 0.25) is 0 Å². The molecule has 184 valence electrons. The van der Waals surface area contributed by atoms with E-state index in [1.165, 1.54) is 16.7 Å². The first-order chi connectivity index (χ1) is 18.0. The lowest BCUT2D eigenvalue weighted by Gasteiger charge is -2.26. The molecule has 0 saturated heterocycles. The summed E-state index contributed by atoms with van der Waals surface area (Å²) in [5.74, 6) is -0.0652. The van der Waals surface area contributed by atoms with Crippen molar-refractivity contribution in [3.63, 3.8) is 0 Å². The van der Waals surface area contributed by atoms with E-state index in [4.69, 9.17) is 4.98 Å². The average molecular weight is 487 g/mol. The van der Waals surface area contributed by atoms with E-state index in [1.54, 1.807) is 0 Å². The first-order valence-electron chi connectivity index (χ1n) is 12.9. The van der Waals surface area contributed by atoms with E-state index in [0.717, 1.165) is 58.4 Å². The van der Waals surface area contributed by atoms with E-state index in [-0.39, 0.29) is 11.9 Å². The van der Waals surface area contributed by atoms with E-state index in [2.05, 4.69) is 71.9 Å². The number of aryl methyl sites for hydroxylation is 3. The molecule has 0 saturated carbocycles. The Morgan fingerprint density at radius 3 is 2.57 bits per heavy atom. The smallest absolute Gasteiger partial charge is 0.252 e. The number of amides is 1. The van der Waals surface area contributed by atoms with Crippen LogP contribution in [0.1, 0.15) is 57.2 Å². The standard InChI is InChI=1S/C32H30N4O/c1-20-11-14-24(15-12-20)36-22(3)28(19-33-36)31-18-27(26-17-21(2)13-16-30(26)34-31)32(37)35-29-10-6-8-23-7-4-5-9-25(23)29/h4-5,7,9,11-19,29H,6,8,10H2,1-3H3,(H,35,37)/t29-/m1/s1. The first kappa shape index (κ1) is 23.2. The first-order valence-corrected chi connectivity index (χ1v) is 12.9. The number of carbonyl (C=O) groups is 1. The zero-order valence-corrected chi connectivity index (χ0v) is 21.5. The number of nitrogens with one attached hydrogen (secondary N) is 1. The molecule has 0 spiro atoms. The van der Waals surface area contributed by atoms with Crippen molar-refractivity contribution >= 4 is 16.8 Å². The summed E-state index contributed by atoms with van der Waals surface area (Å²) in [6.07, 6.45) is 4.92. The van der Waals surface area contributed by atoms with Gasteiger partial charge in [0.15, 0.2) is 0 Å². The van der Waals surface area contributed by atoms with Gasteiger partial charge in [-0.1, -0.05) is 53.6 Å². The van der Waals surface area contributed by atoms with Crippen molar-refractivity contribution in [3.05, 3.63) is 113 Å². The second-order valence-corrected chi connectivity index (χ2v) is 10.1. The summed E-state index contributed by atoms with van der Waals surface area (Å²) in [6.45, 7) is 6.16. The Morgan fingerprint density at radius 1 is 0.946 bits per heavy atom. The number of hydrogen-bond acceptors (Lipinski definition) is 3. The summed E-state index contributed by atoms with van der Waals surface area (Å²) in [5, 5.41) is 8.87. The van der Waals surface area contributed by atoms with Gasteiger partial charge in [0.25, 0.3) is 5.91 Å². The van der Waals surface area contributed by atoms with Crippen molar-refractivity contribution in [3.8, 4) is 16.9 Å². The van der Waals surface area contributed by atoms with Gasteiger partial charge < -0.3 is 5.32 Å². The number of rotatable bonds is 4. The molecule has 1 amide bonds. The molecular weight excluding hydrogens is 456 g/mol. The van der Waals surface area contributed by atoms with Crippen LogP contribution in [0.2, 0.25) is 0 Å². The molecule has 2 aromatic heterocycles. The summed E-state index contributed by atoms with van der Waals surface area (Å²) in [5.41, 5.74) is 9.96. The number of benzene rings is 3. The zero-order valence-electron chi connectivity index (χ0n) is 21.5. The van der Waals surface area contributed by atoms with E-state index in [1.807, 2.05) is 42.9 Å². The summed E-state index contributed by atoms with van der Waals surface area (Å²) in [4.78, 5) is 18.8. The Balaban J connectivity index is 1.42. The van der Waals surface area contributed by atoms with Gasteiger partial charge in [-0.25, -0.2) is 9.67 Å². The van der Waals surface area contributed by atoms with Crippen LogP contribution in [0, 0.1) is 20.8 Å². The fourth-order valence-corrected chi connectivity index (χ4v) is 5.41. The third-order valence-electron chi connectivity index (χ3n) is 7.45. The highest BCUT2D eigenvalue weighted by Gasteiger charge is 2.24. The molecule has 2 heterocycles. The van der Waals surface area contributed by atoms with Crippen molar-refractivity contribution in [2.24, 2.45) is 0 Å². The fraction of sp³-hybridized carbons (Fsp3) is 0.219. The Labute approximate surface area is 217 Å². The number of fused-ring (bicyclic) bond motifs is 2. The minimum Gasteiger partial charge on any atom is -0.345 e. The van der Waals surface area contributed by atoms with Crippen molar-refractivity contribution in [1.29, 1.82) is 0 Å². The second-order valence-electron chi connectivity index (χ2n) is 10.1. The van der Waals surface area contributed by atoms with Crippen LogP contribution in [0.3, 0.4) is 0 Å². The Kier molecular flexibility index (Phi) is 5.84. The maximum absolute atomic E-state index is 13.8. The van der Waals surface area contributed by atoms with E-state index >= 15 is 0 Å². The largest absolute Gasteiger partial charge is 0.345 e. The molecule has 1 aliphatic carbocycles. The van der Waals surface area contributed by atoms with Crippen LogP contribution in [-0.2, 0) is 6.42 Å². The third-order valence-corrected chi connectivity index (χ3v) is 7.45. The number of carbonyl (C=O) groups excluding carboxylic acids is 1. The van der Waals surface area contributed by atoms with Crippen LogP contribution < -0.4 is 5.32 Å². The molecular formula is C32H30N4O. The van der Waals surface area contributed by atoms with Crippen LogP contribution in [0.5, 0.6) is 0 Å². The molecule has 37 heavy (non-hydrogen) atoms. The molecule has 5 heteroatoms. The quantitative estimate of drug-likeness (QED) is 0.303. The Morgan fingerprint density at radius 2 is 1.73 bits per heavy atom. The van der Waals surface area contributed by atoms with E-state index in [0.29, 0.717) is 5.56 Å². The topological polar surface area (TPSA) is 59.8 Å². The predicted octanol–water partition coefficient (Wildman–Crippen LogP) is 6.82. The van der Waals surface area contributed by atoms with Crippen molar-refractivity contribution in [2.45, 2.75) is 46.1 Å². The van der Waals surface area contributed by atoms with Crippen LogP contribution in [0.25, 0.3) is 27.8 Å². The number of hydrogen-bond donors (Lipinski definition) is 1. The fourth-order valence-electron chi connectivity index (χ4n) is 5.41. The van der Waals surface area contributed by atoms with Crippen molar-refractivity contribution in [1.82, 2.24) is 20.1 Å². The van der Waals surface area contributed by atoms with Gasteiger partial charge in [0, 0.05) is 10.9 Å². The van der Waals surface area contributed by atoms with Gasteiger partial charge in [-0.2, -0.15) is 5.10 Å². The molecule has 3 aromatic carbocycles. The molecule has 0 unspecified atom stereocenters. The minimum atomic E-state index is -0.0652. The predicted molar refractivity (Wildman–Crippen MR) is 148 cm³/mol. The molecule has 0 bridgehead atoms. The molecule has 0 fully saturated rings. The normalized spacial score (nSPS) is 14.9. The summed E-state index contributed by atoms with van der Waals surface area (Å²) in [6, 6.07) is 24.8. The lowest BCUT2D eigenvalue weighted by atomic mass is 9.87. The van der Waals surface area contributed by atoms with Crippen molar-refractivity contribution < 1.29 is 4.79 Å². The number of nitrogens with zero attached hydrogens (tertiary/aromatic N) is 3. The summed E-state index contributed by atoms with van der Waals surface area (Å²) >= 11 is 0. The SMILES string of the molecule is Cc1ccc(-n2ncc(-c3cc(C(=O)N[C@@H]4CCCc5ccccc54)c4cc(C)ccc4n3)c2C)cc1. The Bertz CT molecular complexity index is 1630. The van der Waals surface area contributed by atoms with Crippen LogP contribution in [0.15, 0.2) is 79.0 Å². The average Bonchev–Trinajstić information content (AvgIpc) is 3.30. The van der Waals surface area contributed by atoms with Crippen LogP contribution >= 0.6 is 0 Å². The molecule has 0 aliphatic heterocycles. The third kappa shape index (κ3) is 4.31. The minimum absolute atomic E-state index is 0.0138. The van der Waals surface area contributed by atoms with Gasteiger partial charge >= 0.3 is 0 Å². The highest BCUT2D eigenvalue weighted by atomic mass is 16.1. The molecule has 0 radical (unpaired) electrons. The van der Waals surface area contributed by atoms with Crippen LogP contribution in [0.4, 0.5) is 0 Å². The van der Waals surface area contributed by atoms with Gasteiger partial charge in [-0.3, -0.25) is 4.79 Å². The van der Waals surface area contributed by atoms with E-state index < -0.39 is 0 Å².